The number of rotatable bonds is 7. The Morgan fingerprint density at radius 1 is 1.25 bits per heavy atom. The fourth-order valence-corrected chi connectivity index (χ4v) is 3.54. The molecular formula is C20H31N7O. The Morgan fingerprint density at radius 2 is 2.04 bits per heavy atom. The van der Waals surface area contributed by atoms with Crippen LogP contribution in [0.3, 0.4) is 0 Å². The van der Waals surface area contributed by atoms with Gasteiger partial charge in [0.05, 0.1) is 19.7 Å². The van der Waals surface area contributed by atoms with Crippen molar-refractivity contribution in [2.24, 2.45) is 12.0 Å². The van der Waals surface area contributed by atoms with Gasteiger partial charge in [0.2, 0.25) is 0 Å². The standard InChI is InChI=1S/C20H31N7O/c1-15-24-25-19(26(15)3)14-23-20(21-2)22-13-18(27-10-5-6-11-27)16-8-7-9-17(12-16)28-4/h7-9,12,18H,5-6,10-11,13-14H2,1-4H3,(H2,21,22,23). The first-order valence-corrected chi connectivity index (χ1v) is 9.79. The van der Waals surface area contributed by atoms with Crippen molar-refractivity contribution >= 4 is 5.96 Å². The number of guanidine groups is 1. The summed E-state index contributed by atoms with van der Waals surface area (Å²) in [5.41, 5.74) is 1.26. The molecule has 1 fully saturated rings. The smallest absolute Gasteiger partial charge is 0.191 e. The topological polar surface area (TPSA) is 79.6 Å². The van der Waals surface area contributed by atoms with E-state index in [1.807, 2.05) is 24.6 Å². The predicted octanol–water partition coefficient (Wildman–Crippen LogP) is 1.63. The molecule has 2 heterocycles. The molecule has 2 N–H and O–H groups in total. The number of hydrogen-bond acceptors (Lipinski definition) is 5. The van der Waals surface area contributed by atoms with Crippen molar-refractivity contribution in [2.75, 3.05) is 33.8 Å². The van der Waals surface area contributed by atoms with Crippen LogP contribution < -0.4 is 15.4 Å². The lowest BCUT2D eigenvalue weighted by Gasteiger charge is -2.29. The quantitative estimate of drug-likeness (QED) is 0.557. The van der Waals surface area contributed by atoms with Gasteiger partial charge in [-0.15, -0.1) is 10.2 Å². The Hall–Kier alpha value is -2.61. The average Bonchev–Trinajstić information content (AvgIpc) is 3.36. The van der Waals surface area contributed by atoms with E-state index in [-0.39, 0.29) is 6.04 Å². The molecule has 1 unspecified atom stereocenters. The molecule has 8 heteroatoms. The zero-order valence-electron chi connectivity index (χ0n) is 17.3. The molecule has 152 valence electrons. The summed E-state index contributed by atoms with van der Waals surface area (Å²) in [7, 11) is 5.46. The second-order valence-electron chi connectivity index (χ2n) is 7.06. The second-order valence-corrected chi connectivity index (χ2v) is 7.06. The highest BCUT2D eigenvalue weighted by Gasteiger charge is 2.24. The van der Waals surface area contributed by atoms with Crippen molar-refractivity contribution in [1.29, 1.82) is 0 Å². The molecule has 3 rings (SSSR count). The van der Waals surface area contributed by atoms with E-state index >= 15 is 0 Å². The molecule has 1 atom stereocenters. The minimum Gasteiger partial charge on any atom is -0.497 e. The van der Waals surface area contributed by atoms with Crippen LogP contribution >= 0.6 is 0 Å². The van der Waals surface area contributed by atoms with E-state index in [0.717, 1.165) is 43.0 Å². The summed E-state index contributed by atoms with van der Waals surface area (Å²) in [5, 5.41) is 15.1. The van der Waals surface area contributed by atoms with Gasteiger partial charge in [-0.1, -0.05) is 12.1 Å². The summed E-state index contributed by atoms with van der Waals surface area (Å²) in [6.45, 7) is 5.52. The van der Waals surface area contributed by atoms with E-state index in [2.05, 4.69) is 48.9 Å². The van der Waals surface area contributed by atoms with Gasteiger partial charge in [-0.2, -0.15) is 0 Å². The van der Waals surface area contributed by atoms with Gasteiger partial charge >= 0.3 is 0 Å². The first kappa shape index (κ1) is 20.1. The maximum absolute atomic E-state index is 5.42. The molecule has 0 amide bonds. The number of hydrogen-bond donors (Lipinski definition) is 2. The van der Waals surface area contributed by atoms with Gasteiger partial charge in [0, 0.05) is 20.6 Å². The normalized spacial score (nSPS) is 16.2. The van der Waals surface area contributed by atoms with Crippen molar-refractivity contribution in [3.63, 3.8) is 0 Å². The third-order valence-corrected chi connectivity index (χ3v) is 5.34. The number of ether oxygens (including phenoxy) is 1. The number of benzene rings is 1. The lowest BCUT2D eigenvalue weighted by atomic mass is 10.1. The van der Waals surface area contributed by atoms with Crippen molar-refractivity contribution < 1.29 is 4.74 Å². The largest absolute Gasteiger partial charge is 0.497 e. The fraction of sp³-hybridized carbons (Fsp3) is 0.550. The van der Waals surface area contributed by atoms with Crippen LogP contribution in [0.4, 0.5) is 0 Å². The molecule has 0 saturated carbocycles. The highest BCUT2D eigenvalue weighted by atomic mass is 16.5. The minimum atomic E-state index is 0.272. The van der Waals surface area contributed by atoms with Gasteiger partial charge in [0.15, 0.2) is 11.8 Å². The van der Waals surface area contributed by atoms with Crippen LogP contribution in [0.5, 0.6) is 5.75 Å². The molecule has 0 bridgehead atoms. The van der Waals surface area contributed by atoms with Gasteiger partial charge in [-0.3, -0.25) is 9.89 Å². The maximum atomic E-state index is 5.42. The molecule has 1 aromatic carbocycles. The SMILES string of the molecule is CN=C(NCc1nnc(C)n1C)NCC(c1cccc(OC)c1)N1CCCC1. The molecule has 1 saturated heterocycles. The van der Waals surface area contributed by atoms with Crippen LogP contribution in [0.1, 0.15) is 36.1 Å². The molecule has 28 heavy (non-hydrogen) atoms. The van der Waals surface area contributed by atoms with Crippen molar-refractivity contribution in [3.05, 3.63) is 41.5 Å². The van der Waals surface area contributed by atoms with Crippen molar-refractivity contribution in [3.8, 4) is 5.75 Å². The second kappa shape index (κ2) is 9.54. The number of aliphatic imine (C=N–C) groups is 1. The molecule has 1 aromatic heterocycles. The van der Waals surface area contributed by atoms with E-state index in [4.69, 9.17) is 4.74 Å². The van der Waals surface area contributed by atoms with Crippen LogP contribution in [-0.4, -0.2) is 59.4 Å². The molecule has 0 aliphatic carbocycles. The lowest BCUT2D eigenvalue weighted by molar-refractivity contribution is 0.245. The van der Waals surface area contributed by atoms with Crippen LogP contribution in [0.15, 0.2) is 29.3 Å². The summed E-state index contributed by atoms with van der Waals surface area (Å²) >= 11 is 0. The molecule has 2 aromatic rings. The predicted molar refractivity (Wildman–Crippen MR) is 110 cm³/mol. The maximum Gasteiger partial charge on any atom is 0.191 e. The monoisotopic (exact) mass is 385 g/mol. The van der Waals surface area contributed by atoms with Crippen LogP contribution in [0.25, 0.3) is 0 Å². The summed E-state index contributed by atoms with van der Waals surface area (Å²) in [6.07, 6.45) is 2.50. The number of aryl methyl sites for hydroxylation is 1. The number of nitrogens with one attached hydrogen (secondary N) is 2. The summed E-state index contributed by atoms with van der Waals surface area (Å²) in [6, 6.07) is 8.62. The third-order valence-electron chi connectivity index (χ3n) is 5.34. The van der Waals surface area contributed by atoms with E-state index in [9.17, 15) is 0 Å². The number of likely N-dealkylation sites (tertiary alicyclic amines) is 1. The summed E-state index contributed by atoms with van der Waals surface area (Å²) in [4.78, 5) is 6.89. The van der Waals surface area contributed by atoms with E-state index < -0.39 is 0 Å². The highest BCUT2D eigenvalue weighted by molar-refractivity contribution is 5.79. The van der Waals surface area contributed by atoms with Crippen LogP contribution in [0, 0.1) is 6.92 Å². The van der Waals surface area contributed by atoms with Gasteiger partial charge in [-0.05, 0) is 50.6 Å². The summed E-state index contributed by atoms with van der Waals surface area (Å²) in [5.74, 6) is 3.42. The van der Waals surface area contributed by atoms with Gasteiger partial charge in [-0.25, -0.2) is 0 Å². The Balaban J connectivity index is 1.65. The number of nitrogens with zero attached hydrogens (tertiary/aromatic N) is 5. The van der Waals surface area contributed by atoms with Crippen LogP contribution in [-0.2, 0) is 13.6 Å². The van der Waals surface area contributed by atoms with Crippen molar-refractivity contribution in [2.45, 2.75) is 32.4 Å². The molecule has 1 aliphatic heterocycles. The van der Waals surface area contributed by atoms with Gasteiger partial charge in [0.1, 0.15) is 11.6 Å². The van der Waals surface area contributed by atoms with Gasteiger partial charge in [0.25, 0.3) is 0 Å². The number of methoxy groups -OCH3 is 1. The van der Waals surface area contributed by atoms with E-state index in [1.54, 1.807) is 14.2 Å². The molecule has 0 radical (unpaired) electrons. The van der Waals surface area contributed by atoms with Gasteiger partial charge < -0.3 is 19.9 Å². The van der Waals surface area contributed by atoms with Crippen LogP contribution in [0.2, 0.25) is 0 Å². The Kier molecular flexibility index (Phi) is 6.86. The fourth-order valence-electron chi connectivity index (χ4n) is 3.54. The Bertz CT molecular complexity index is 796. The van der Waals surface area contributed by atoms with Crippen molar-refractivity contribution in [1.82, 2.24) is 30.3 Å². The first-order chi connectivity index (χ1) is 13.6. The average molecular weight is 386 g/mol. The Labute approximate surface area is 167 Å². The van der Waals surface area contributed by atoms with E-state index in [1.165, 1.54) is 18.4 Å². The van der Waals surface area contributed by atoms with E-state index in [0.29, 0.717) is 6.54 Å². The Morgan fingerprint density at radius 3 is 2.68 bits per heavy atom. The third kappa shape index (κ3) is 4.81. The highest BCUT2D eigenvalue weighted by Crippen LogP contribution is 2.27. The zero-order valence-corrected chi connectivity index (χ0v) is 17.3. The number of aromatic nitrogens is 3. The first-order valence-electron chi connectivity index (χ1n) is 9.79. The molecule has 1 aliphatic rings. The lowest BCUT2D eigenvalue weighted by Crippen LogP contribution is -2.42. The summed E-state index contributed by atoms with van der Waals surface area (Å²) < 4.78 is 7.40. The molecule has 0 spiro atoms. The molecular weight excluding hydrogens is 354 g/mol. The zero-order chi connectivity index (χ0) is 19.9. The minimum absolute atomic E-state index is 0.272. The molecule has 8 nitrogen and oxygen atoms in total.